The van der Waals surface area contributed by atoms with Crippen molar-refractivity contribution in [3.8, 4) is 0 Å². The summed E-state index contributed by atoms with van der Waals surface area (Å²) in [5.41, 5.74) is -0.131. The Morgan fingerprint density at radius 2 is 2.19 bits per heavy atom. The molecule has 0 amide bonds. The number of carboxylic acid groups (broad SMARTS) is 1. The van der Waals surface area contributed by atoms with Crippen LogP contribution in [0.15, 0.2) is 18.2 Å². The summed E-state index contributed by atoms with van der Waals surface area (Å²) >= 11 is 0. The number of hydrogen-bond donors (Lipinski definition) is 1. The van der Waals surface area contributed by atoms with Crippen molar-refractivity contribution in [2.45, 2.75) is 26.3 Å². The second-order valence-electron chi connectivity index (χ2n) is 4.68. The lowest BCUT2D eigenvalue weighted by Crippen LogP contribution is -2.37. The summed E-state index contributed by atoms with van der Waals surface area (Å²) in [5, 5.41) is 20.6. The van der Waals surface area contributed by atoms with E-state index in [0.717, 1.165) is 6.42 Å². The van der Waals surface area contributed by atoms with Gasteiger partial charge in [0.25, 0.3) is 5.69 Å². The summed E-state index contributed by atoms with van der Waals surface area (Å²) in [6.07, 6.45) is 0.731. The molecular weight excluding hydrogens is 276 g/mol. The molecule has 0 aliphatic heterocycles. The van der Waals surface area contributed by atoms with Crippen molar-refractivity contribution in [1.29, 1.82) is 0 Å². The second-order valence-corrected chi connectivity index (χ2v) is 4.68. The molecule has 1 rings (SSSR count). The highest BCUT2D eigenvalue weighted by atomic mass is 16.6. The number of methoxy groups -OCH3 is 1. The molecule has 0 bridgehead atoms. The lowest BCUT2D eigenvalue weighted by atomic mass is 10.1. The number of ether oxygens (including phenoxy) is 1. The molecule has 0 spiro atoms. The Labute approximate surface area is 123 Å². The quantitative estimate of drug-likeness (QED) is 0.585. The third-order valence-electron chi connectivity index (χ3n) is 3.39. The van der Waals surface area contributed by atoms with Gasteiger partial charge in [0, 0.05) is 25.8 Å². The van der Waals surface area contributed by atoms with Crippen LogP contribution in [0.4, 0.5) is 11.4 Å². The molecule has 0 aromatic heterocycles. The summed E-state index contributed by atoms with van der Waals surface area (Å²) in [4.78, 5) is 23.8. The first-order chi connectivity index (χ1) is 9.93. The fourth-order valence-corrected chi connectivity index (χ4v) is 2.12. The third-order valence-corrected chi connectivity index (χ3v) is 3.39. The van der Waals surface area contributed by atoms with Gasteiger partial charge in [0.2, 0.25) is 0 Å². The van der Waals surface area contributed by atoms with Gasteiger partial charge in [-0.25, -0.2) is 4.79 Å². The lowest BCUT2D eigenvalue weighted by Gasteiger charge is -2.31. The molecule has 7 heteroatoms. The van der Waals surface area contributed by atoms with Crippen molar-refractivity contribution in [1.82, 2.24) is 0 Å². The van der Waals surface area contributed by atoms with Crippen molar-refractivity contribution in [2.75, 3.05) is 25.2 Å². The van der Waals surface area contributed by atoms with Gasteiger partial charge >= 0.3 is 5.97 Å². The highest BCUT2D eigenvalue weighted by Gasteiger charge is 2.28. The first kappa shape index (κ1) is 16.9. The number of anilines is 1. The van der Waals surface area contributed by atoms with Gasteiger partial charge in [0.05, 0.1) is 17.1 Å². The molecule has 0 aliphatic rings. The van der Waals surface area contributed by atoms with E-state index < -0.39 is 10.9 Å². The number of aromatic carboxylic acids is 1. The van der Waals surface area contributed by atoms with Crippen molar-refractivity contribution in [3.63, 3.8) is 0 Å². The molecule has 0 aliphatic carbocycles. The number of benzene rings is 1. The maximum absolute atomic E-state index is 11.4. The number of rotatable bonds is 8. The first-order valence-electron chi connectivity index (χ1n) is 6.70. The zero-order chi connectivity index (χ0) is 16.0. The Bertz CT molecular complexity index is 486. The van der Waals surface area contributed by atoms with Gasteiger partial charge in [-0.1, -0.05) is 13.0 Å². The van der Waals surface area contributed by atoms with Crippen LogP contribution in [0.25, 0.3) is 0 Å². The first-order valence-corrected chi connectivity index (χ1v) is 6.70. The summed E-state index contributed by atoms with van der Waals surface area (Å²) < 4.78 is 5.03. The van der Waals surface area contributed by atoms with E-state index in [0.29, 0.717) is 13.2 Å². The topological polar surface area (TPSA) is 92.9 Å². The Hall–Kier alpha value is -2.15. The third kappa shape index (κ3) is 3.91. The summed E-state index contributed by atoms with van der Waals surface area (Å²) in [7, 11) is 1.53. The van der Waals surface area contributed by atoms with E-state index in [-0.39, 0.29) is 23.0 Å². The van der Waals surface area contributed by atoms with Crippen molar-refractivity contribution >= 4 is 17.3 Å². The molecule has 1 aromatic carbocycles. The van der Waals surface area contributed by atoms with E-state index in [1.807, 2.05) is 13.8 Å². The fourth-order valence-electron chi connectivity index (χ4n) is 2.12. The predicted octanol–water partition coefficient (Wildman–Crippen LogP) is 2.54. The molecule has 1 aromatic rings. The van der Waals surface area contributed by atoms with Gasteiger partial charge in [-0.3, -0.25) is 10.1 Å². The van der Waals surface area contributed by atoms with E-state index >= 15 is 0 Å². The van der Waals surface area contributed by atoms with Crippen LogP contribution in [-0.2, 0) is 4.74 Å². The molecule has 1 unspecified atom stereocenters. The van der Waals surface area contributed by atoms with Crippen LogP contribution in [0.1, 0.15) is 30.6 Å². The van der Waals surface area contributed by atoms with Crippen molar-refractivity contribution in [2.24, 2.45) is 0 Å². The van der Waals surface area contributed by atoms with Crippen LogP contribution < -0.4 is 4.90 Å². The van der Waals surface area contributed by atoms with E-state index in [4.69, 9.17) is 4.74 Å². The SMILES string of the molecule is CCC(C)N(CCOC)c1c(C(=O)O)cccc1[N+](=O)[O-]. The molecule has 1 N–H and O–H groups in total. The molecule has 0 saturated heterocycles. The lowest BCUT2D eigenvalue weighted by molar-refractivity contribution is -0.384. The molecule has 1 atom stereocenters. The summed E-state index contributed by atoms with van der Waals surface area (Å²) in [6, 6.07) is 4.05. The standard InChI is InChI=1S/C14H20N2O5/c1-4-10(2)15(8-9-21-3)13-11(14(17)18)6-5-7-12(13)16(19)20/h5-7,10H,4,8-9H2,1-3H3,(H,17,18). The van der Waals surface area contributed by atoms with Crippen LogP contribution in [-0.4, -0.2) is 42.3 Å². The zero-order valence-electron chi connectivity index (χ0n) is 12.4. The fraction of sp³-hybridized carbons (Fsp3) is 0.500. The van der Waals surface area contributed by atoms with Gasteiger partial charge < -0.3 is 14.7 Å². The molecule has 0 fully saturated rings. The van der Waals surface area contributed by atoms with Crippen LogP contribution in [0.5, 0.6) is 0 Å². The number of nitrogens with zero attached hydrogens (tertiary/aromatic N) is 2. The highest BCUT2D eigenvalue weighted by molar-refractivity contribution is 5.97. The van der Waals surface area contributed by atoms with E-state index in [1.54, 1.807) is 4.90 Å². The maximum Gasteiger partial charge on any atom is 0.338 e. The number of para-hydroxylation sites is 1. The Kier molecular flexibility index (Phi) is 6.10. The Balaban J connectivity index is 3.45. The largest absolute Gasteiger partial charge is 0.478 e. The van der Waals surface area contributed by atoms with Gasteiger partial charge in [-0.05, 0) is 19.4 Å². The Morgan fingerprint density at radius 3 is 2.67 bits per heavy atom. The average molecular weight is 296 g/mol. The maximum atomic E-state index is 11.4. The number of carbonyl (C=O) groups is 1. The van der Waals surface area contributed by atoms with Gasteiger partial charge in [-0.2, -0.15) is 0 Å². The van der Waals surface area contributed by atoms with E-state index in [1.165, 1.54) is 25.3 Å². The van der Waals surface area contributed by atoms with Gasteiger partial charge in [-0.15, -0.1) is 0 Å². The number of hydrogen-bond acceptors (Lipinski definition) is 5. The minimum Gasteiger partial charge on any atom is -0.478 e. The average Bonchev–Trinajstić information content (AvgIpc) is 2.46. The van der Waals surface area contributed by atoms with Crippen molar-refractivity contribution in [3.05, 3.63) is 33.9 Å². The molecular formula is C14H20N2O5. The number of nitro groups is 1. The number of carboxylic acids is 1. The summed E-state index contributed by atoms with van der Waals surface area (Å²) in [6.45, 7) is 4.59. The predicted molar refractivity (Wildman–Crippen MR) is 79.0 cm³/mol. The normalized spacial score (nSPS) is 12.0. The molecule has 0 radical (unpaired) electrons. The van der Waals surface area contributed by atoms with Gasteiger partial charge in [0.15, 0.2) is 0 Å². The van der Waals surface area contributed by atoms with Crippen LogP contribution in [0, 0.1) is 10.1 Å². The van der Waals surface area contributed by atoms with E-state index in [9.17, 15) is 20.0 Å². The van der Waals surface area contributed by atoms with Gasteiger partial charge in [0.1, 0.15) is 5.69 Å². The second kappa shape index (κ2) is 7.58. The molecule has 0 heterocycles. The molecule has 21 heavy (non-hydrogen) atoms. The molecule has 116 valence electrons. The minimum absolute atomic E-state index is 0.0423. The Morgan fingerprint density at radius 1 is 1.52 bits per heavy atom. The van der Waals surface area contributed by atoms with Crippen molar-refractivity contribution < 1.29 is 19.6 Å². The van der Waals surface area contributed by atoms with Crippen LogP contribution in [0.3, 0.4) is 0 Å². The van der Waals surface area contributed by atoms with Crippen LogP contribution >= 0.6 is 0 Å². The van der Waals surface area contributed by atoms with Crippen LogP contribution in [0.2, 0.25) is 0 Å². The zero-order valence-corrected chi connectivity index (χ0v) is 12.4. The molecule has 7 nitrogen and oxygen atoms in total. The molecule has 0 saturated carbocycles. The number of nitro benzene ring substituents is 1. The minimum atomic E-state index is -1.18. The summed E-state index contributed by atoms with van der Waals surface area (Å²) in [5.74, 6) is -1.18. The highest BCUT2D eigenvalue weighted by Crippen LogP contribution is 2.33. The monoisotopic (exact) mass is 296 g/mol. The van der Waals surface area contributed by atoms with E-state index in [2.05, 4.69) is 0 Å². The smallest absolute Gasteiger partial charge is 0.338 e.